The number of fused-ring (bicyclic) bond motifs is 2. The molecular formula is C11H22N2. The third-order valence-electron chi connectivity index (χ3n) is 3.64. The van der Waals surface area contributed by atoms with Gasteiger partial charge < -0.3 is 4.90 Å². The Morgan fingerprint density at radius 2 is 1.69 bits per heavy atom. The van der Waals surface area contributed by atoms with Crippen LogP contribution in [0.4, 0.5) is 0 Å². The highest BCUT2D eigenvalue weighted by Crippen LogP contribution is 2.29. The zero-order valence-corrected chi connectivity index (χ0v) is 9.00. The monoisotopic (exact) mass is 182 g/mol. The highest BCUT2D eigenvalue weighted by Gasteiger charge is 2.38. The normalized spacial score (nSPS) is 35.5. The van der Waals surface area contributed by atoms with Crippen LogP contribution in [0.3, 0.4) is 0 Å². The molecule has 2 bridgehead atoms. The lowest BCUT2D eigenvalue weighted by Crippen LogP contribution is -2.53. The summed E-state index contributed by atoms with van der Waals surface area (Å²) in [5.41, 5.74) is 0. The fourth-order valence-electron chi connectivity index (χ4n) is 2.96. The molecule has 13 heavy (non-hydrogen) atoms. The van der Waals surface area contributed by atoms with Gasteiger partial charge in [-0.15, -0.1) is 0 Å². The van der Waals surface area contributed by atoms with E-state index < -0.39 is 0 Å². The molecule has 0 radical (unpaired) electrons. The Morgan fingerprint density at radius 3 is 2.15 bits per heavy atom. The second kappa shape index (κ2) is 3.97. The molecule has 0 N–H and O–H groups in total. The lowest BCUT2D eigenvalue weighted by atomic mass is 10.2. The van der Waals surface area contributed by atoms with Crippen molar-refractivity contribution >= 4 is 0 Å². The van der Waals surface area contributed by atoms with Gasteiger partial charge in [0.1, 0.15) is 0 Å². The van der Waals surface area contributed by atoms with Crippen molar-refractivity contribution in [2.24, 2.45) is 0 Å². The molecule has 0 aromatic rings. The molecule has 2 aliphatic rings. The maximum Gasteiger partial charge on any atom is 0.0227 e. The molecule has 0 aromatic heterocycles. The topological polar surface area (TPSA) is 6.48 Å². The van der Waals surface area contributed by atoms with E-state index in [-0.39, 0.29) is 0 Å². The molecule has 2 atom stereocenters. The highest BCUT2D eigenvalue weighted by atomic mass is 15.3. The van der Waals surface area contributed by atoms with Gasteiger partial charge >= 0.3 is 0 Å². The number of hydrogen-bond donors (Lipinski definition) is 0. The average molecular weight is 182 g/mol. The first-order valence-electron chi connectivity index (χ1n) is 5.83. The smallest absolute Gasteiger partial charge is 0.0227 e. The number of piperazine rings is 1. The molecule has 2 aliphatic heterocycles. The van der Waals surface area contributed by atoms with Gasteiger partial charge in [0.25, 0.3) is 0 Å². The quantitative estimate of drug-likeness (QED) is 0.653. The van der Waals surface area contributed by atoms with Crippen molar-refractivity contribution in [2.75, 3.05) is 26.2 Å². The van der Waals surface area contributed by atoms with Crippen LogP contribution in [-0.2, 0) is 0 Å². The molecule has 2 rings (SSSR count). The van der Waals surface area contributed by atoms with Crippen molar-refractivity contribution in [1.29, 1.82) is 0 Å². The molecule has 2 nitrogen and oxygen atoms in total. The Hall–Kier alpha value is -0.0800. The van der Waals surface area contributed by atoms with Crippen LogP contribution in [-0.4, -0.2) is 48.1 Å². The van der Waals surface area contributed by atoms with Crippen LogP contribution >= 0.6 is 0 Å². The largest absolute Gasteiger partial charge is 0.301 e. The van der Waals surface area contributed by atoms with E-state index in [4.69, 9.17) is 0 Å². The van der Waals surface area contributed by atoms with E-state index in [2.05, 4.69) is 23.6 Å². The molecule has 0 unspecified atom stereocenters. The maximum absolute atomic E-state index is 2.76. The van der Waals surface area contributed by atoms with Gasteiger partial charge in [-0.25, -0.2) is 0 Å². The molecule has 0 amide bonds. The predicted octanol–water partition coefficient (Wildman–Crippen LogP) is 1.56. The molecular weight excluding hydrogens is 160 g/mol. The van der Waals surface area contributed by atoms with Crippen molar-refractivity contribution in [2.45, 2.75) is 45.2 Å². The summed E-state index contributed by atoms with van der Waals surface area (Å²) in [6, 6.07) is 1.78. The minimum Gasteiger partial charge on any atom is -0.301 e. The SMILES string of the molecule is CCCN1[C@@H]2CC[C@H]1CN(CC)C2. The first-order chi connectivity index (χ1) is 6.35. The highest BCUT2D eigenvalue weighted by molar-refractivity contribution is 4.95. The van der Waals surface area contributed by atoms with Crippen molar-refractivity contribution < 1.29 is 0 Å². The van der Waals surface area contributed by atoms with Crippen molar-refractivity contribution in [3.63, 3.8) is 0 Å². The lowest BCUT2D eigenvalue weighted by Gasteiger charge is -2.40. The van der Waals surface area contributed by atoms with Crippen molar-refractivity contribution in [1.82, 2.24) is 9.80 Å². The lowest BCUT2D eigenvalue weighted by molar-refractivity contribution is 0.0704. The van der Waals surface area contributed by atoms with Crippen LogP contribution in [0.1, 0.15) is 33.1 Å². The molecule has 2 fully saturated rings. The van der Waals surface area contributed by atoms with Gasteiger partial charge in [-0.1, -0.05) is 13.8 Å². The zero-order chi connectivity index (χ0) is 9.26. The first-order valence-corrected chi connectivity index (χ1v) is 5.83. The van der Waals surface area contributed by atoms with E-state index in [0.717, 1.165) is 12.1 Å². The van der Waals surface area contributed by atoms with E-state index in [1.165, 1.54) is 45.4 Å². The Balaban J connectivity index is 1.96. The predicted molar refractivity (Wildman–Crippen MR) is 55.9 cm³/mol. The second-order valence-corrected chi connectivity index (χ2v) is 4.48. The van der Waals surface area contributed by atoms with Crippen LogP contribution < -0.4 is 0 Å². The van der Waals surface area contributed by atoms with Crippen LogP contribution in [0.15, 0.2) is 0 Å². The van der Waals surface area contributed by atoms with E-state index in [1.807, 2.05) is 0 Å². The maximum atomic E-state index is 2.76. The Morgan fingerprint density at radius 1 is 1.08 bits per heavy atom. The third kappa shape index (κ3) is 1.75. The number of rotatable bonds is 3. The Bertz CT molecular complexity index is 155. The number of hydrogen-bond acceptors (Lipinski definition) is 2. The summed E-state index contributed by atoms with van der Waals surface area (Å²) >= 11 is 0. The Labute approximate surface area is 81.9 Å². The molecule has 0 spiro atoms. The minimum absolute atomic E-state index is 0.888. The van der Waals surface area contributed by atoms with Gasteiger partial charge in [-0.2, -0.15) is 0 Å². The van der Waals surface area contributed by atoms with Gasteiger partial charge in [0.2, 0.25) is 0 Å². The van der Waals surface area contributed by atoms with Crippen molar-refractivity contribution in [3.8, 4) is 0 Å². The summed E-state index contributed by atoms with van der Waals surface area (Å²) < 4.78 is 0. The number of likely N-dealkylation sites (N-methyl/N-ethyl adjacent to an activating group) is 1. The van der Waals surface area contributed by atoms with Crippen LogP contribution in [0.5, 0.6) is 0 Å². The summed E-state index contributed by atoms with van der Waals surface area (Å²) in [7, 11) is 0. The van der Waals surface area contributed by atoms with E-state index in [0.29, 0.717) is 0 Å². The zero-order valence-electron chi connectivity index (χ0n) is 9.00. The van der Waals surface area contributed by atoms with E-state index in [9.17, 15) is 0 Å². The summed E-state index contributed by atoms with van der Waals surface area (Å²) in [6.45, 7) is 9.81. The molecule has 0 saturated carbocycles. The van der Waals surface area contributed by atoms with Gasteiger partial charge in [0.15, 0.2) is 0 Å². The fourth-order valence-corrected chi connectivity index (χ4v) is 2.96. The van der Waals surface area contributed by atoms with Gasteiger partial charge in [-0.3, -0.25) is 4.90 Å². The standard InChI is InChI=1S/C11H22N2/c1-3-7-13-10-5-6-11(13)9-12(4-2)8-10/h10-11H,3-9H2,1-2H3/t10-,11+. The number of nitrogens with zero attached hydrogens (tertiary/aromatic N) is 2. The number of likely N-dealkylation sites (tertiary alicyclic amines) is 1. The summed E-state index contributed by atoms with van der Waals surface area (Å²) in [5.74, 6) is 0. The first kappa shape index (κ1) is 9.47. The molecule has 2 saturated heterocycles. The molecule has 0 aromatic carbocycles. The van der Waals surface area contributed by atoms with Crippen LogP contribution in [0, 0.1) is 0 Å². The average Bonchev–Trinajstić information content (AvgIpc) is 2.39. The van der Waals surface area contributed by atoms with Gasteiger partial charge in [0.05, 0.1) is 0 Å². The third-order valence-corrected chi connectivity index (χ3v) is 3.64. The molecule has 76 valence electrons. The van der Waals surface area contributed by atoms with Gasteiger partial charge in [0, 0.05) is 25.2 Å². The summed E-state index contributed by atoms with van der Waals surface area (Å²) in [5, 5.41) is 0. The van der Waals surface area contributed by atoms with Gasteiger partial charge in [-0.05, 0) is 32.4 Å². The summed E-state index contributed by atoms with van der Waals surface area (Å²) in [4.78, 5) is 5.38. The fraction of sp³-hybridized carbons (Fsp3) is 1.00. The van der Waals surface area contributed by atoms with Crippen LogP contribution in [0.2, 0.25) is 0 Å². The molecule has 2 heteroatoms. The minimum atomic E-state index is 0.888. The summed E-state index contributed by atoms with van der Waals surface area (Å²) in [6.07, 6.45) is 4.21. The molecule has 0 aliphatic carbocycles. The Kier molecular flexibility index (Phi) is 2.89. The second-order valence-electron chi connectivity index (χ2n) is 4.48. The van der Waals surface area contributed by atoms with Crippen molar-refractivity contribution in [3.05, 3.63) is 0 Å². The molecule has 2 heterocycles. The van der Waals surface area contributed by atoms with E-state index in [1.54, 1.807) is 0 Å². The van der Waals surface area contributed by atoms with E-state index >= 15 is 0 Å². The van der Waals surface area contributed by atoms with Crippen LogP contribution in [0.25, 0.3) is 0 Å².